The first-order valence-corrected chi connectivity index (χ1v) is 4.89. The standard InChI is InChI=1S/C13H11F2N/c1-8-6-9(14)2-4-11(8)12-5-3-10(16)7-13(12)15/h2-7H,16H2,1H3. The zero-order valence-electron chi connectivity index (χ0n) is 8.80. The fourth-order valence-corrected chi connectivity index (χ4v) is 1.68. The van der Waals surface area contributed by atoms with Gasteiger partial charge in [0.1, 0.15) is 11.6 Å². The molecule has 0 aromatic heterocycles. The molecule has 0 heterocycles. The Labute approximate surface area is 92.5 Å². The van der Waals surface area contributed by atoms with Crippen molar-refractivity contribution in [1.82, 2.24) is 0 Å². The van der Waals surface area contributed by atoms with Gasteiger partial charge in [0.25, 0.3) is 0 Å². The molecule has 2 rings (SSSR count). The summed E-state index contributed by atoms with van der Waals surface area (Å²) in [6.45, 7) is 1.74. The van der Waals surface area contributed by atoms with Crippen molar-refractivity contribution in [1.29, 1.82) is 0 Å². The molecule has 0 aliphatic carbocycles. The zero-order valence-corrected chi connectivity index (χ0v) is 8.80. The first-order chi connectivity index (χ1) is 7.58. The maximum absolute atomic E-state index is 13.6. The lowest BCUT2D eigenvalue weighted by Crippen LogP contribution is -1.91. The molecule has 0 saturated carbocycles. The van der Waals surface area contributed by atoms with Gasteiger partial charge in [0.15, 0.2) is 0 Å². The maximum Gasteiger partial charge on any atom is 0.133 e. The number of halogens is 2. The lowest BCUT2D eigenvalue weighted by molar-refractivity contribution is 0.624. The van der Waals surface area contributed by atoms with Crippen molar-refractivity contribution in [3.8, 4) is 11.1 Å². The Morgan fingerprint density at radius 1 is 0.938 bits per heavy atom. The van der Waals surface area contributed by atoms with Gasteiger partial charge < -0.3 is 5.73 Å². The van der Waals surface area contributed by atoms with Gasteiger partial charge >= 0.3 is 0 Å². The summed E-state index contributed by atoms with van der Waals surface area (Å²) in [5.41, 5.74) is 7.66. The van der Waals surface area contributed by atoms with E-state index in [4.69, 9.17) is 5.73 Å². The Balaban J connectivity index is 2.59. The van der Waals surface area contributed by atoms with Crippen LogP contribution in [0.3, 0.4) is 0 Å². The number of benzene rings is 2. The molecule has 0 amide bonds. The summed E-state index contributed by atoms with van der Waals surface area (Å²) in [5.74, 6) is -0.716. The molecule has 1 nitrogen and oxygen atoms in total. The monoisotopic (exact) mass is 219 g/mol. The summed E-state index contributed by atoms with van der Waals surface area (Å²) in [6.07, 6.45) is 0. The second kappa shape index (κ2) is 3.93. The molecule has 0 spiro atoms. The van der Waals surface area contributed by atoms with Crippen LogP contribution < -0.4 is 5.73 Å². The molecule has 0 atom stereocenters. The van der Waals surface area contributed by atoms with Crippen LogP contribution in [0.25, 0.3) is 11.1 Å². The molecule has 0 fully saturated rings. The van der Waals surface area contributed by atoms with Crippen LogP contribution in [-0.2, 0) is 0 Å². The summed E-state index contributed by atoms with van der Waals surface area (Å²) >= 11 is 0. The number of nitrogens with two attached hydrogens (primary N) is 1. The molecule has 0 saturated heterocycles. The Hall–Kier alpha value is -1.90. The smallest absolute Gasteiger partial charge is 0.133 e. The van der Waals surface area contributed by atoms with E-state index >= 15 is 0 Å². The zero-order chi connectivity index (χ0) is 11.7. The fourth-order valence-electron chi connectivity index (χ4n) is 1.68. The molecule has 0 aliphatic heterocycles. The van der Waals surface area contributed by atoms with Gasteiger partial charge in [-0.05, 0) is 48.4 Å². The predicted octanol–water partition coefficient (Wildman–Crippen LogP) is 3.52. The molecule has 0 bridgehead atoms. The van der Waals surface area contributed by atoms with E-state index in [9.17, 15) is 8.78 Å². The third-order valence-electron chi connectivity index (χ3n) is 2.47. The van der Waals surface area contributed by atoms with E-state index in [1.807, 2.05) is 0 Å². The first-order valence-electron chi connectivity index (χ1n) is 4.89. The molecule has 2 aromatic carbocycles. The maximum atomic E-state index is 13.6. The van der Waals surface area contributed by atoms with Gasteiger partial charge in [-0.25, -0.2) is 8.78 Å². The van der Waals surface area contributed by atoms with Crippen LogP contribution in [0, 0.1) is 18.6 Å². The van der Waals surface area contributed by atoms with Gasteiger partial charge in [-0.2, -0.15) is 0 Å². The van der Waals surface area contributed by atoms with Crippen molar-refractivity contribution in [2.24, 2.45) is 0 Å². The average molecular weight is 219 g/mol. The van der Waals surface area contributed by atoms with E-state index in [2.05, 4.69) is 0 Å². The van der Waals surface area contributed by atoms with E-state index in [1.54, 1.807) is 25.1 Å². The van der Waals surface area contributed by atoms with Crippen molar-refractivity contribution in [3.05, 3.63) is 53.6 Å². The van der Waals surface area contributed by atoms with Gasteiger partial charge in [0, 0.05) is 11.3 Å². The summed E-state index contributed by atoms with van der Waals surface area (Å²) in [6, 6.07) is 8.76. The Kier molecular flexibility index (Phi) is 2.60. The molecule has 16 heavy (non-hydrogen) atoms. The third-order valence-corrected chi connectivity index (χ3v) is 2.47. The van der Waals surface area contributed by atoms with E-state index in [1.165, 1.54) is 18.2 Å². The molecule has 82 valence electrons. The third kappa shape index (κ3) is 1.89. The van der Waals surface area contributed by atoms with Crippen LogP contribution in [0.15, 0.2) is 36.4 Å². The van der Waals surface area contributed by atoms with Gasteiger partial charge in [-0.15, -0.1) is 0 Å². The van der Waals surface area contributed by atoms with Crippen molar-refractivity contribution in [3.63, 3.8) is 0 Å². The predicted molar refractivity (Wildman–Crippen MR) is 60.9 cm³/mol. The number of hydrogen-bond acceptors (Lipinski definition) is 1. The van der Waals surface area contributed by atoms with Gasteiger partial charge in [0.2, 0.25) is 0 Å². The van der Waals surface area contributed by atoms with Crippen LogP contribution in [-0.4, -0.2) is 0 Å². The van der Waals surface area contributed by atoms with Crippen LogP contribution in [0.5, 0.6) is 0 Å². The largest absolute Gasteiger partial charge is 0.399 e. The highest BCUT2D eigenvalue weighted by Crippen LogP contribution is 2.27. The van der Waals surface area contributed by atoms with E-state index in [0.29, 0.717) is 22.4 Å². The Morgan fingerprint density at radius 3 is 2.25 bits per heavy atom. The summed E-state index contributed by atoms with van der Waals surface area (Å²) in [7, 11) is 0. The first kappa shape index (κ1) is 10.6. The lowest BCUT2D eigenvalue weighted by Gasteiger charge is -2.07. The number of aryl methyl sites for hydroxylation is 1. The second-order valence-electron chi connectivity index (χ2n) is 3.70. The Bertz CT molecular complexity index is 486. The fraction of sp³-hybridized carbons (Fsp3) is 0.0769. The Morgan fingerprint density at radius 2 is 1.62 bits per heavy atom. The summed E-state index contributed by atoms with van der Waals surface area (Å²) in [5, 5.41) is 0. The molecular formula is C13H11F2N. The average Bonchev–Trinajstić information content (AvgIpc) is 2.19. The highest BCUT2D eigenvalue weighted by atomic mass is 19.1. The minimum absolute atomic E-state index is 0.322. The van der Waals surface area contributed by atoms with E-state index in [-0.39, 0.29) is 5.82 Å². The minimum atomic E-state index is -0.394. The van der Waals surface area contributed by atoms with Crippen LogP contribution in [0.4, 0.5) is 14.5 Å². The number of hydrogen-bond donors (Lipinski definition) is 1. The molecule has 3 heteroatoms. The summed E-state index contributed by atoms with van der Waals surface area (Å²) < 4.78 is 26.6. The van der Waals surface area contributed by atoms with E-state index in [0.717, 1.165) is 0 Å². The second-order valence-corrected chi connectivity index (χ2v) is 3.70. The van der Waals surface area contributed by atoms with Crippen molar-refractivity contribution < 1.29 is 8.78 Å². The molecule has 0 aliphatic rings. The number of nitrogen functional groups attached to an aromatic ring is 1. The van der Waals surface area contributed by atoms with Crippen LogP contribution >= 0.6 is 0 Å². The summed E-state index contributed by atoms with van der Waals surface area (Å²) in [4.78, 5) is 0. The molecular weight excluding hydrogens is 208 g/mol. The quantitative estimate of drug-likeness (QED) is 0.729. The molecule has 2 N–H and O–H groups in total. The van der Waals surface area contributed by atoms with Crippen molar-refractivity contribution in [2.45, 2.75) is 6.92 Å². The van der Waals surface area contributed by atoms with E-state index < -0.39 is 5.82 Å². The highest BCUT2D eigenvalue weighted by Gasteiger charge is 2.08. The van der Waals surface area contributed by atoms with Crippen molar-refractivity contribution in [2.75, 3.05) is 5.73 Å². The van der Waals surface area contributed by atoms with Gasteiger partial charge in [-0.1, -0.05) is 6.07 Å². The normalized spacial score (nSPS) is 10.4. The SMILES string of the molecule is Cc1cc(F)ccc1-c1ccc(N)cc1F. The molecule has 2 aromatic rings. The van der Waals surface area contributed by atoms with Crippen LogP contribution in [0.2, 0.25) is 0 Å². The molecule has 0 radical (unpaired) electrons. The lowest BCUT2D eigenvalue weighted by atomic mass is 10.00. The number of anilines is 1. The van der Waals surface area contributed by atoms with Gasteiger partial charge in [-0.3, -0.25) is 0 Å². The van der Waals surface area contributed by atoms with Crippen molar-refractivity contribution >= 4 is 5.69 Å². The molecule has 0 unspecified atom stereocenters. The topological polar surface area (TPSA) is 26.0 Å². The minimum Gasteiger partial charge on any atom is -0.399 e. The van der Waals surface area contributed by atoms with Gasteiger partial charge in [0.05, 0.1) is 0 Å². The van der Waals surface area contributed by atoms with Crippen LogP contribution in [0.1, 0.15) is 5.56 Å². The number of rotatable bonds is 1. The highest BCUT2D eigenvalue weighted by molar-refractivity contribution is 5.69.